The van der Waals surface area contributed by atoms with Crippen LogP contribution in [0.4, 0.5) is 0 Å². The molecule has 0 unspecified atom stereocenters. The molecule has 35 heavy (non-hydrogen) atoms. The van der Waals surface area contributed by atoms with Crippen LogP contribution in [0.15, 0.2) is 36.4 Å². The van der Waals surface area contributed by atoms with Crippen LogP contribution in [-0.2, 0) is 0 Å². The maximum absolute atomic E-state index is 2.46. The van der Waals surface area contributed by atoms with Crippen molar-refractivity contribution in [3.8, 4) is 0 Å². The summed E-state index contributed by atoms with van der Waals surface area (Å²) in [4.78, 5) is 0. The molecule has 0 amide bonds. The van der Waals surface area contributed by atoms with E-state index < -0.39 is 0 Å². The van der Waals surface area contributed by atoms with Crippen LogP contribution in [0.1, 0.15) is 148 Å². The van der Waals surface area contributed by atoms with Gasteiger partial charge in [-0.3, -0.25) is 0 Å². The lowest BCUT2D eigenvalue weighted by atomic mass is 10.1. The molecule has 0 N–H and O–H groups in total. The fourth-order valence-electron chi connectivity index (χ4n) is 4.49. The van der Waals surface area contributed by atoms with E-state index in [-0.39, 0.29) is 0 Å². The number of hydrogen-bond acceptors (Lipinski definition) is 2. The van der Waals surface area contributed by atoms with Gasteiger partial charge < -0.3 is 0 Å². The summed E-state index contributed by atoms with van der Waals surface area (Å²) in [7, 11) is 0. The van der Waals surface area contributed by atoms with Crippen molar-refractivity contribution in [2.45, 2.75) is 147 Å². The molecule has 0 bridgehead atoms. The van der Waals surface area contributed by atoms with Gasteiger partial charge in [0, 0.05) is 0 Å². The summed E-state index contributed by atoms with van der Waals surface area (Å²) in [5.74, 6) is 2.62. The molecule has 202 valence electrons. The van der Waals surface area contributed by atoms with Gasteiger partial charge in [-0.15, -0.1) is 23.5 Å². The minimum atomic E-state index is 0.604. The van der Waals surface area contributed by atoms with Crippen molar-refractivity contribution >= 4 is 29.6 Å². The van der Waals surface area contributed by atoms with Gasteiger partial charge in [-0.05, 0) is 29.9 Å². The fourth-order valence-corrected chi connectivity index (χ4v) is 7.04. The van der Waals surface area contributed by atoms with Crippen LogP contribution in [-0.4, -0.2) is 16.1 Å². The molecular weight excluding hydrogens is 460 g/mol. The maximum atomic E-state index is 2.46. The van der Waals surface area contributed by atoms with Crippen LogP contribution >= 0.6 is 23.5 Å². The van der Waals surface area contributed by atoms with Gasteiger partial charge in [-0.1, -0.05) is 172 Å². The van der Waals surface area contributed by atoms with Crippen LogP contribution in [0.25, 0.3) is 6.08 Å². The molecule has 1 aromatic carbocycles. The van der Waals surface area contributed by atoms with Crippen molar-refractivity contribution in [2.24, 2.45) is 0 Å². The van der Waals surface area contributed by atoms with Crippen LogP contribution in [0.3, 0.4) is 0 Å². The highest BCUT2D eigenvalue weighted by atomic mass is 32.2. The molecule has 0 aliphatic carbocycles. The van der Waals surface area contributed by atoms with Crippen LogP contribution in [0, 0.1) is 0 Å². The van der Waals surface area contributed by atoms with Gasteiger partial charge in [-0.25, -0.2) is 0 Å². The molecule has 0 aliphatic heterocycles. The third-order valence-electron chi connectivity index (χ3n) is 6.81. The highest BCUT2D eigenvalue weighted by Gasteiger charge is 2.06. The monoisotopic (exact) mass is 518 g/mol. The first kappa shape index (κ1) is 32.7. The molecule has 2 heteroatoms. The van der Waals surface area contributed by atoms with Crippen molar-refractivity contribution < 1.29 is 0 Å². The summed E-state index contributed by atoms with van der Waals surface area (Å²) in [6.45, 7) is 4.60. The van der Waals surface area contributed by atoms with E-state index in [1.165, 1.54) is 145 Å². The van der Waals surface area contributed by atoms with Gasteiger partial charge in [0.2, 0.25) is 0 Å². The van der Waals surface area contributed by atoms with Gasteiger partial charge in [0.05, 0.1) is 4.58 Å². The summed E-state index contributed by atoms with van der Waals surface area (Å²) in [5.41, 5.74) is 1.33. The number of thioether (sulfide) groups is 2. The zero-order chi connectivity index (χ0) is 25.1. The lowest BCUT2D eigenvalue weighted by Crippen LogP contribution is -1.97. The number of unbranched alkanes of at least 4 members (excludes halogenated alkanes) is 18. The second kappa shape index (κ2) is 26.7. The van der Waals surface area contributed by atoms with Gasteiger partial charge in [0.15, 0.2) is 0 Å². The van der Waals surface area contributed by atoms with Crippen LogP contribution in [0.5, 0.6) is 0 Å². The van der Waals surface area contributed by atoms with E-state index in [4.69, 9.17) is 0 Å². The number of rotatable bonds is 26. The van der Waals surface area contributed by atoms with Crippen LogP contribution in [0.2, 0.25) is 0 Å². The van der Waals surface area contributed by atoms with E-state index in [0.29, 0.717) is 4.58 Å². The Morgan fingerprint density at radius 2 is 0.886 bits per heavy atom. The first-order chi connectivity index (χ1) is 17.4. The molecule has 1 rings (SSSR count). The zero-order valence-electron chi connectivity index (χ0n) is 23.5. The maximum Gasteiger partial charge on any atom is 0.0685 e. The first-order valence-corrected chi connectivity index (χ1v) is 17.4. The van der Waals surface area contributed by atoms with E-state index in [1.54, 1.807) is 0 Å². The van der Waals surface area contributed by atoms with E-state index in [2.05, 4.69) is 79.9 Å². The van der Waals surface area contributed by atoms with Crippen molar-refractivity contribution in [3.05, 3.63) is 42.0 Å². The largest absolute Gasteiger partial charge is 0.143 e. The van der Waals surface area contributed by atoms with Crippen molar-refractivity contribution in [3.63, 3.8) is 0 Å². The summed E-state index contributed by atoms with van der Waals surface area (Å²) in [6, 6.07) is 10.8. The molecule has 1 aromatic rings. The Morgan fingerprint density at radius 3 is 1.29 bits per heavy atom. The molecule has 0 nitrogen and oxygen atoms in total. The molecule has 0 saturated carbocycles. The highest BCUT2D eigenvalue weighted by Crippen LogP contribution is 2.28. The molecular formula is C33H58S2. The lowest BCUT2D eigenvalue weighted by Gasteiger charge is -2.13. The predicted molar refractivity (Wildman–Crippen MR) is 168 cm³/mol. The van der Waals surface area contributed by atoms with Crippen molar-refractivity contribution in [2.75, 3.05) is 11.5 Å². The Kier molecular flexibility index (Phi) is 25.0. The zero-order valence-corrected chi connectivity index (χ0v) is 25.1. The first-order valence-electron chi connectivity index (χ1n) is 15.3. The normalized spacial score (nSPS) is 11.7. The minimum Gasteiger partial charge on any atom is -0.143 e. The molecule has 0 fully saturated rings. The summed E-state index contributed by atoms with van der Waals surface area (Å²) in [6.07, 6.45) is 33.3. The summed E-state index contributed by atoms with van der Waals surface area (Å²) >= 11 is 4.35. The Labute approximate surface area is 229 Å². The second-order valence-corrected chi connectivity index (χ2v) is 13.0. The average molecular weight is 519 g/mol. The molecule has 0 atom stereocenters. The molecule has 0 aliphatic rings. The average Bonchev–Trinajstić information content (AvgIpc) is 2.89. The van der Waals surface area contributed by atoms with Crippen LogP contribution < -0.4 is 0 Å². The SMILES string of the molecule is CCCCCCCCCCCCSC(/C=C/c1ccccc1)SCCCCCCCCCCCC. The van der Waals surface area contributed by atoms with E-state index >= 15 is 0 Å². The van der Waals surface area contributed by atoms with E-state index in [1.807, 2.05) is 0 Å². The Balaban J connectivity index is 2.14. The second-order valence-electron chi connectivity index (χ2n) is 10.2. The predicted octanol–water partition coefficient (Wildman–Crippen LogP) is 12.3. The number of hydrogen-bond donors (Lipinski definition) is 0. The number of benzene rings is 1. The molecule has 0 saturated heterocycles. The third kappa shape index (κ3) is 22.6. The fraction of sp³-hybridized carbons (Fsp3) is 0.758. The topological polar surface area (TPSA) is 0 Å². The highest BCUT2D eigenvalue weighted by molar-refractivity contribution is 8.17. The molecule has 0 heterocycles. The van der Waals surface area contributed by atoms with Gasteiger partial charge in [-0.2, -0.15) is 0 Å². The summed E-state index contributed by atoms with van der Waals surface area (Å²) in [5, 5.41) is 0. The molecule has 0 radical (unpaired) electrons. The molecule has 0 aromatic heterocycles. The summed E-state index contributed by atoms with van der Waals surface area (Å²) < 4.78 is 0.604. The van der Waals surface area contributed by atoms with E-state index in [9.17, 15) is 0 Å². The quantitative estimate of drug-likeness (QED) is 0.0883. The van der Waals surface area contributed by atoms with Gasteiger partial charge in [0.1, 0.15) is 0 Å². The van der Waals surface area contributed by atoms with Gasteiger partial charge >= 0.3 is 0 Å². The van der Waals surface area contributed by atoms with Crippen molar-refractivity contribution in [1.29, 1.82) is 0 Å². The Morgan fingerprint density at radius 1 is 0.514 bits per heavy atom. The standard InChI is InChI=1S/C33H58S2/c1-3-5-7-9-11-13-15-17-19-24-30-34-33(29-28-32-26-22-21-23-27-32)35-31-25-20-18-16-14-12-10-8-6-4-2/h21-23,26-29,33H,3-20,24-25,30-31H2,1-2H3/b29-28+. The third-order valence-corrected chi connectivity index (χ3v) is 9.64. The van der Waals surface area contributed by atoms with E-state index in [0.717, 1.165) is 0 Å². The Hall–Kier alpha value is -0.340. The van der Waals surface area contributed by atoms with Gasteiger partial charge in [0.25, 0.3) is 0 Å². The Bertz CT molecular complexity index is 527. The minimum absolute atomic E-state index is 0.604. The lowest BCUT2D eigenvalue weighted by molar-refractivity contribution is 0.563. The molecule has 0 spiro atoms. The van der Waals surface area contributed by atoms with Crippen molar-refractivity contribution in [1.82, 2.24) is 0 Å². The smallest absolute Gasteiger partial charge is 0.0685 e.